The first-order valence-corrected chi connectivity index (χ1v) is 5.84. The molecule has 0 spiro atoms. The summed E-state index contributed by atoms with van der Waals surface area (Å²) in [5.74, 6) is 0.0555. The SMILES string of the molecule is O=C(N[C@@H]1CCCNC1)c1ccsc1. The average molecular weight is 210 g/mol. The van der Waals surface area contributed by atoms with Crippen LogP contribution in [-0.4, -0.2) is 25.0 Å². The van der Waals surface area contributed by atoms with Crippen LogP contribution in [0.25, 0.3) is 0 Å². The first-order chi connectivity index (χ1) is 6.86. The van der Waals surface area contributed by atoms with Gasteiger partial charge in [-0.15, -0.1) is 0 Å². The summed E-state index contributed by atoms with van der Waals surface area (Å²) in [6.07, 6.45) is 2.23. The highest BCUT2D eigenvalue weighted by molar-refractivity contribution is 7.08. The first kappa shape index (κ1) is 9.68. The third-order valence-corrected chi connectivity index (χ3v) is 3.10. The highest BCUT2D eigenvalue weighted by Gasteiger charge is 2.15. The Labute approximate surface area is 87.5 Å². The van der Waals surface area contributed by atoms with Gasteiger partial charge in [-0.25, -0.2) is 0 Å². The van der Waals surface area contributed by atoms with E-state index in [4.69, 9.17) is 0 Å². The highest BCUT2D eigenvalue weighted by Crippen LogP contribution is 2.07. The largest absolute Gasteiger partial charge is 0.348 e. The Balaban J connectivity index is 1.87. The van der Waals surface area contributed by atoms with Crippen molar-refractivity contribution in [3.63, 3.8) is 0 Å². The molecule has 1 amide bonds. The van der Waals surface area contributed by atoms with E-state index in [-0.39, 0.29) is 5.91 Å². The van der Waals surface area contributed by atoms with Gasteiger partial charge in [-0.3, -0.25) is 4.79 Å². The fraction of sp³-hybridized carbons (Fsp3) is 0.500. The van der Waals surface area contributed by atoms with Crippen LogP contribution >= 0.6 is 11.3 Å². The summed E-state index contributed by atoms with van der Waals surface area (Å²) in [6, 6.07) is 2.16. The maximum Gasteiger partial charge on any atom is 0.252 e. The lowest BCUT2D eigenvalue weighted by atomic mass is 10.1. The third-order valence-electron chi connectivity index (χ3n) is 2.42. The molecule has 2 heterocycles. The van der Waals surface area contributed by atoms with Crippen LogP contribution in [0, 0.1) is 0 Å². The molecular weight excluding hydrogens is 196 g/mol. The van der Waals surface area contributed by atoms with Gasteiger partial charge in [-0.1, -0.05) is 0 Å². The zero-order chi connectivity index (χ0) is 9.80. The number of nitrogens with one attached hydrogen (secondary N) is 2. The Bertz CT molecular complexity index is 291. The molecule has 1 aliphatic heterocycles. The molecule has 14 heavy (non-hydrogen) atoms. The molecular formula is C10H14N2OS. The fourth-order valence-electron chi connectivity index (χ4n) is 1.64. The minimum Gasteiger partial charge on any atom is -0.348 e. The van der Waals surface area contributed by atoms with Crippen LogP contribution in [-0.2, 0) is 0 Å². The van der Waals surface area contributed by atoms with Crippen molar-refractivity contribution in [2.24, 2.45) is 0 Å². The predicted octanol–water partition coefficient (Wildman–Crippen LogP) is 1.23. The van der Waals surface area contributed by atoms with Crippen molar-refractivity contribution >= 4 is 17.2 Å². The van der Waals surface area contributed by atoms with Gasteiger partial charge in [0.25, 0.3) is 5.91 Å². The van der Waals surface area contributed by atoms with E-state index in [1.165, 1.54) is 0 Å². The number of carbonyl (C=O) groups excluding carboxylic acids is 1. The van der Waals surface area contributed by atoms with E-state index in [1.54, 1.807) is 11.3 Å². The quantitative estimate of drug-likeness (QED) is 0.771. The monoisotopic (exact) mass is 210 g/mol. The van der Waals surface area contributed by atoms with E-state index in [0.717, 1.165) is 31.5 Å². The van der Waals surface area contributed by atoms with Crippen LogP contribution in [0.2, 0.25) is 0 Å². The fourth-order valence-corrected chi connectivity index (χ4v) is 2.27. The van der Waals surface area contributed by atoms with Gasteiger partial charge in [0.15, 0.2) is 0 Å². The second-order valence-electron chi connectivity index (χ2n) is 3.53. The number of amides is 1. The molecule has 1 atom stereocenters. The smallest absolute Gasteiger partial charge is 0.252 e. The summed E-state index contributed by atoms with van der Waals surface area (Å²) < 4.78 is 0. The molecule has 4 heteroatoms. The standard InChI is InChI=1S/C10H14N2OS/c13-10(8-3-5-14-7-8)12-9-2-1-4-11-6-9/h3,5,7,9,11H,1-2,4,6H2,(H,12,13)/t9-/m1/s1. The van der Waals surface area contributed by atoms with Crippen LogP contribution in [0.3, 0.4) is 0 Å². The number of hydrogen-bond donors (Lipinski definition) is 2. The van der Waals surface area contributed by atoms with Crippen LogP contribution in [0.4, 0.5) is 0 Å². The van der Waals surface area contributed by atoms with Crippen molar-refractivity contribution in [1.82, 2.24) is 10.6 Å². The first-order valence-electron chi connectivity index (χ1n) is 4.90. The zero-order valence-corrected chi connectivity index (χ0v) is 8.77. The maximum absolute atomic E-state index is 11.6. The topological polar surface area (TPSA) is 41.1 Å². The van der Waals surface area contributed by atoms with Crippen molar-refractivity contribution in [3.8, 4) is 0 Å². The average Bonchev–Trinajstić information content (AvgIpc) is 2.72. The Morgan fingerprint density at radius 2 is 2.57 bits per heavy atom. The Morgan fingerprint density at radius 3 is 3.21 bits per heavy atom. The summed E-state index contributed by atoms with van der Waals surface area (Å²) in [5, 5.41) is 10.1. The summed E-state index contributed by atoms with van der Waals surface area (Å²) in [4.78, 5) is 11.6. The molecule has 3 nitrogen and oxygen atoms in total. The van der Waals surface area contributed by atoms with Crippen molar-refractivity contribution in [1.29, 1.82) is 0 Å². The van der Waals surface area contributed by atoms with Crippen LogP contribution in [0.5, 0.6) is 0 Å². The van der Waals surface area contributed by atoms with Gasteiger partial charge in [0.2, 0.25) is 0 Å². The molecule has 1 fully saturated rings. The summed E-state index contributed by atoms with van der Waals surface area (Å²) in [7, 11) is 0. The molecule has 1 aliphatic rings. The number of thiophene rings is 1. The van der Waals surface area contributed by atoms with E-state index in [9.17, 15) is 4.79 Å². The highest BCUT2D eigenvalue weighted by atomic mass is 32.1. The van der Waals surface area contributed by atoms with Crippen molar-refractivity contribution in [3.05, 3.63) is 22.4 Å². The predicted molar refractivity (Wildman–Crippen MR) is 57.7 cm³/mol. The van der Waals surface area contributed by atoms with Crippen LogP contribution in [0.15, 0.2) is 16.8 Å². The molecule has 0 aliphatic carbocycles. The van der Waals surface area contributed by atoms with Gasteiger partial charge < -0.3 is 10.6 Å². The van der Waals surface area contributed by atoms with Crippen molar-refractivity contribution < 1.29 is 4.79 Å². The lowest BCUT2D eigenvalue weighted by molar-refractivity contribution is 0.0931. The number of carbonyl (C=O) groups is 1. The molecule has 2 N–H and O–H groups in total. The molecule has 0 aromatic carbocycles. The molecule has 0 radical (unpaired) electrons. The number of hydrogen-bond acceptors (Lipinski definition) is 3. The molecule has 1 saturated heterocycles. The van der Waals surface area contributed by atoms with Gasteiger partial charge >= 0.3 is 0 Å². The molecule has 2 rings (SSSR count). The molecule has 0 unspecified atom stereocenters. The Hall–Kier alpha value is -0.870. The van der Waals surface area contributed by atoms with E-state index < -0.39 is 0 Å². The number of rotatable bonds is 2. The summed E-state index contributed by atoms with van der Waals surface area (Å²) in [5.41, 5.74) is 0.778. The molecule has 0 saturated carbocycles. The summed E-state index contributed by atoms with van der Waals surface area (Å²) >= 11 is 1.55. The van der Waals surface area contributed by atoms with Crippen LogP contribution < -0.4 is 10.6 Å². The van der Waals surface area contributed by atoms with E-state index >= 15 is 0 Å². The normalized spacial score (nSPS) is 21.9. The van der Waals surface area contributed by atoms with E-state index in [1.807, 2.05) is 16.8 Å². The van der Waals surface area contributed by atoms with E-state index in [2.05, 4.69) is 10.6 Å². The molecule has 76 valence electrons. The molecule has 1 aromatic rings. The second-order valence-corrected chi connectivity index (χ2v) is 4.31. The Morgan fingerprint density at radius 1 is 1.64 bits per heavy atom. The van der Waals surface area contributed by atoms with Crippen molar-refractivity contribution in [2.75, 3.05) is 13.1 Å². The molecule has 0 bridgehead atoms. The minimum absolute atomic E-state index is 0.0555. The molecule has 1 aromatic heterocycles. The Kier molecular flexibility index (Phi) is 3.16. The van der Waals surface area contributed by atoms with E-state index in [0.29, 0.717) is 6.04 Å². The maximum atomic E-state index is 11.6. The summed E-state index contributed by atoms with van der Waals surface area (Å²) in [6.45, 7) is 1.97. The van der Waals surface area contributed by atoms with Gasteiger partial charge in [0, 0.05) is 23.5 Å². The van der Waals surface area contributed by atoms with Gasteiger partial charge in [-0.05, 0) is 30.8 Å². The van der Waals surface area contributed by atoms with Crippen LogP contribution in [0.1, 0.15) is 23.2 Å². The minimum atomic E-state index is 0.0555. The zero-order valence-electron chi connectivity index (χ0n) is 7.95. The number of piperidine rings is 1. The lowest BCUT2D eigenvalue weighted by Gasteiger charge is -2.23. The lowest BCUT2D eigenvalue weighted by Crippen LogP contribution is -2.45. The van der Waals surface area contributed by atoms with Gasteiger partial charge in [0.1, 0.15) is 0 Å². The van der Waals surface area contributed by atoms with Crippen molar-refractivity contribution in [2.45, 2.75) is 18.9 Å². The second kappa shape index (κ2) is 4.57. The van der Waals surface area contributed by atoms with Gasteiger partial charge in [0.05, 0.1) is 0 Å². The third kappa shape index (κ3) is 2.33. The van der Waals surface area contributed by atoms with Gasteiger partial charge in [-0.2, -0.15) is 11.3 Å².